The van der Waals surface area contributed by atoms with E-state index in [2.05, 4.69) is 4.72 Å². The predicted molar refractivity (Wildman–Crippen MR) is 76.5 cm³/mol. The molecule has 2 aromatic rings. The molecule has 1 aromatic heterocycles. The van der Waals surface area contributed by atoms with E-state index in [4.69, 9.17) is 5.11 Å². The molecule has 0 aliphatic carbocycles. The molecule has 0 bridgehead atoms. The smallest absolute Gasteiger partial charge is 0.242 e. The molecule has 1 unspecified atom stereocenters. The van der Waals surface area contributed by atoms with Gasteiger partial charge in [-0.05, 0) is 19.1 Å². The zero-order valence-corrected chi connectivity index (χ0v) is 12.6. The summed E-state index contributed by atoms with van der Waals surface area (Å²) in [6, 6.07) is 6.70. The second-order valence-electron chi connectivity index (χ2n) is 4.80. The zero-order chi connectivity index (χ0) is 15.6. The molecule has 0 aliphatic rings. The minimum atomic E-state index is -3.78. The van der Waals surface area contributed by atoms with E-state index in [1.807, 2.05) is 0 Å². The van der Waals surface area contributed by atoms with Gasteiger partial charge in [0.15, 0.2) is 0 Å². The molecule has 0 saturated heterocycles. The van der Waals surface area contributed by atoms with Crippen LogP contribution in [0.1, 0.15) is 24.2 Å². The van der Waals surface area contributed by atoms with E-state index in [-0.39, 0.29) is 17.1 Å². The molecule has 7 heteroatoms. The first kappa shape index (κ1) is 15.7. The number of aliphatic hydroxyl groups is 1. The maximum atomic E-state index is 13.7. The van der Waals surface area contributed by atoms with Crippen molar-refractivity contribution in [1.82, 2.24) is 9.29 Å². The van der Waals surface area contributed by atoms with E-state index in [1.165, 1.54) is 29.0 Å². The highest BCUT2D eigenvalue weighted by Gasteiger charge is 2.22. The highest BCUT2D eigenvalue weighted by molar-refractivity contribution is 7.89. The second kappa shape index (κ2) is 5.97. The zero-order valence-electron chi connectivity index (χ0n) is 11.7. The van der Waals surface area contributed by atoms with Crippen molar-refractivity contribution in [2.24, 2.45) is 7.05 Å². The van der Waals surface area contributed by atoms with Gasteiger partial charge in [-0.2, -0.15) is 0 Å². The van der Waals surface area contributed by atoms with Crippen molar-refractivity contribution < 1.29 is 17.9 Å². The lowest BCUT2D eigenvalue weighted by molar-refractivity contribution is 0.272. The number of benzene rings is 1. The van der Waals surface area contributed by atoms with E-state index in [1.54, 1.807) is 26.1 Å². The van der Waals surface area contributed by atoms with Crippen LogP contribution in [0.2, 0.25) is 0 Å². The quantitative estimate of drug-likeness (QED) is 0.882. The van der Waals surface area contributed by atoms with Crippen LogP contribution in [-0.2, 0) is 23.7 Å². The Labute approximate surface area is 123 Å². The van der Waals surface area contributed by atoms with E-state index in [0.717, 1.165) is 0 Å². The average Bonchev–Trinajstić information content (AvgIpc) is 2.80. The maximum Gasteiger partial charge on any atom is 0.242 e. The fraction of sp³-hybridized carbons (Fsp3) is 0.286. The summed E-state index contributed by atoms with van der Waals surface area (Å²) in [5.74, 6) is -0.461. The Morgan fingerprint density at radius 2 is 2.05 bits per heavy atom. The summed E-state index contributed by atoms with van der Waals surface area (Å²) in [6.45, 7) is 1.32. The van der Waals surface area contributed by atoms with E-state index in [9.17, 15) is 12.8 Å². The Morgan fingerprint density at radius 3 is 2.62 bits per heavy atom. The molecule has 0 aliphatic heterocycles. The van der Waals surface area contributed by atoms with Gasteiger partial charge in [0.05, 0.1) is 11.5 Å². The number of sulfonamides is 1. The molecule has 2 N–H and O–H groups in total. The summed E-state index contributed by atoms with van der Waals surface area (Å²) in [6.07, 6.45) is 1.40. The minimum Gasteiger partial charge on any atom is -0.390 e. The van der Waals surface area contributed by atoms with Gasteiger partial charge in [0.2, 0.25) is 10.0 Å². The number of hydrogen-bond donors (Lipinski definition) is 2. The third-order valence-corrected chi connectivity index (χ3v) is 4.77. The molecule has 0 saturated carbocycles. The van der Waals surface area contributed by atoms with Crippen LogP contribution in [0, 0.1) is 5.82 Å². The standard InChI is InChI=1S/C14H17FN2O3S/c1-10(13-5-3-4-6-14(13)15)16-21(19,20)12-7-11(9-18)17(2)8-12/h3-8,10,16,18H,9H2,1-2H3. The Kier molecular flexibility index (Phi) is 4.46. The van der Waals surface area contributed by atoms with Gasteiger partial charge in [0, 0.05) is 30.5 Å². The number of hydrogen-bond acceptors (Lipinski definition) is 3. The molecule has 2 rings (SSSR count). The lowest BCUT2D eigenvalue weighted by Gasteiger charge is -2.14. The van der Waals surface area contributed by atoms with E-state index < -0.39 is 21.9 Å². The van der Waals surface area contributed by atoms with Crippen LogP contribution in [0.25, 0.3) is 0 Å². The summed E-state index contributed by atoms with van der Waals surface area (Å²) in [7, 11) is -2.14. The molecule has 1 aromatic carbocycles. The summed E-state index contributed by atoms with van der Waals surface area (Å²) in [5.41, 5.74) is 0.758. The monoisotopic (exact) mass is 312 g/mol. The third kappa shape index (κ3) is 3.31. The van der Waals surface area contributed by atoms with Gasteiger partial charge >= 0.3 is 0 Å². The van der Waals surface area contributed by atoms with Gasteiger partial charge < -0.3 is 9.67 Å². The molecule has 0 spiro atoms. The number of rotatable bonds is 5. The number of aromatic nitrogens is 1. The summed E-state index contributed by atoms with van der Waals surface area (Å²) in [5, 5.41) is 9.11. The lowest BCUT2D eigenvalue weighted by atomic mass is 10.1. The van der Waals surface area contributed by atoms with Gasteiger partial charge in [-0.1, -0.05) is 18.2 Å². The normalized spacial score (nSPS) is 13.3. The van der Waals surface area contributed by atoms with Crippen molar-refractivity contribution in [3.63, 3.8) is 0 Å². The average molecular weight is 312 g/mol. The molecule has 0 fully saturated rings. The van der Waals surface area contributed by atoms with Crippen molar-refractivity contribution in [3.8, 4) is 0 Å². The van der Waals surface area contributed by atoms with Crippen molar-refractivity contribution in [1.29, 1.82) is 0 Å². The topological polar surface area (TPSA) is 71.3 Å². The molecule has 1 atom stereocenters. The summed E-state index contributed by atoms with van der Waals surface area (Å²) >= 11 is 0. The molecule has 0 amide bonds. The molecule has 21 heavy (non-hydrogen) atoms. The first-order chi connectivity index (χ1) is 9.85. The molecular formula is C14H17FN2O3S. The predicted octanol–water partition coefficient (Wildman–Crippen LogP) is 1.70. The van der Waals surface area contributed by atoms with Crippen molar-refractivity contribution in [3.05, 3.63) is 53.6 Å². The van der Waals surface area contributed by atoms with Crippen LogP contribution in [0.3, 0.4) is 0 Å². The van der Waals surface area contributed by atoms with Gasteiger partial charge in [-0.25, -0.2) is 17.5 Å². The van der Waals surface area contributed by atoms with Crippen LogP contribution in [-0.4, -0.2) is 18.1 Å². The first-order valence-corrected chi connectivity index (χ1v) is 7.86. The Bertz CT molecular complexity index is 740. The van der Waals surface area contributed by atoms with Gasteiger partial charge in [-0.15, -0.1) is 0 Å². The molecule has 1 heterocycles. The minimum absolute atomic E-state index is 0.0391. The number of nitrogens with zero attached hydrogens (tertiary/aromatic N) is 1. The Hall–Kier alpha value is -1.70. The highest BCUT2D eigenvalue weighted by Crippen LogP contribution is 2.20. The Morgan fingerprint density at radius 1 is 1.38 bits per heavy atom. The molecular weight excluding hydrogens is 295 g/mol. The fourth-order valence-corrected chi connectivity index (χ4v) is 3.39. The maximum absolute atomic E-state index is 13.7. The van der Waals surface area contributed by atoms with Crippen molar-refractivity contribution in [2.75, 3.05) is 0 Å². The number of halogens is 1. The third-order valence-electron chi connectivity index (χ3n) is 3.26. The number of nitrogens with one attached hydrogen (secondary N) is 1. The highest BCUT2D eigenvalue weighted by atomic mass is 32.2. The van der Waals surface area contributed by atoms with Crippen LogP contribution in [0.4, 0.5) is 4.39 Å². The van der Waals surface area contributed by atoms with E-state index in [0.29, 0.717) is 5.69 Å². The SMILES string of the molecule is CC(NS(=O)(=O)c1cc(CO)n(C)c1)c1ccccc1F. The number of aliphatic hydroxyl groups excluding tert-OH is 1. The van der Waals surface area contributed by atoms with Crippen LogP contribution < -0.4 is 4.72 Å². The lowest BCUT2D eigenvalue weighted by Crippen LogP contribution is -2.27. The second-order valence-corrected chi connectivity index (χ2v) is 6.51. The summed E-state index contributed by atoms with van der Waals surface area (Å²) < 4.78 is 42.2. The molecule has 0 radical (unpaired) electrons. The van der Waals surface area contributed by atoms with Crippen molar-refractivity contribution >= 4 is 10.0 Å². The summed E-state index contributed by atoms with van der Waals surface area (Å²) in [4.78, 5) is 0.0391. The number of aryl methyl sites for hydroxylation is 1. The van der Waals surface area contributed by atoms with Gasteiger partial charge in [0.1, 0.15) is 5.82 Å². The fourth-order valence-electron chi connectivity index (χ4n) is 2.07. The van der Waals surface area contributed by atoms with Crippen LogP contribution in [0.5, 0.6) is 0 Å². The Balaban J connectivity index is 2.27. The molecule has 5 nitrogen and oxygen atoms in total. The van der Waals surface area contributed by atoms with Gasteiger partial charge in [0.25, 0.3) is 0 Å². The van der Waals surface area contributed by atoms with Crippen LogP contribution >= 0.6 is 0 Å². The van der Waals surface area contributed by atoms with Gasteiger partial charge in [-0.3, -0.25) is 0 Å². The van der Waals surface area contributed by atoms with E-state index >= 15 is 0 Å². The van der Waals surface area contributed by atoms with Crippen molar-refractivity contribution in [2.45, 2.75) is 24.5 Å². The molecule has 114 valence electrons. The largest absolute Gasteiger partial charge is 0.390 e. The van der Waals surface area contributed by atoms with Crippen LogP contribution in [0.15, 0.2) is 41.4 Å². The first-order valence-electron chi connectivity index (χ1n) is 6.38.